The van der Waals surface area contributed by atoms with Crippen molar-refractivity contribution < 1.29 is 0 Å². The zero-order valence-corrected chi connectivity index (χ0v) is 13.4. The van der Waals surface area contributed by atoms with Gasteiger partial charge in [0.15, 0.2) is 0 Å². The molecule has 1 fully saturated rings. The predicted molar refractivity (Wildman–Crippen MR) is 87.1 cm³/mol. The molecule has 1 aliphatic rings. The van der Waals surface area contributed by atoms with Crippen LogP contribution in [0.5, 0.6) is 0 Å². The van der Waals surface area contributed by atoms with Gasteiger partial charge in [-0.25, -0.2) is 0 Å². The summed E-state index contributed by atoms with van der Waals surface area (Å²) in [6.45, 7) is 0. The van der Waals surface area contributed by atoms with Crippen LogP contribution in [-0.4, -0.2) is 6.04 Å². The van der Waals surface area contributed by atoms with Crippen LogP contribution in [0.2, 0.25) is 10.0 Å². The quantitative estimate of drug-likeness (QED) is 0.468. The van der Waals surface area contributed by atoms with Gasteiger partial charge in [0.1, 0.15) is 0 Å². The summed E-state index contributed by atoms with van der Waals surface area (Å²) in [5.74, 6) is 6.54. The summed E-state index contributed by atoms with van der Waals surface area (Å²) in [4.78, 5) is 0. The molecule has 1 aromatic rings. The van der Waals surface area contributed by atoms with Crippen molar-refractivity contribution in [3.8, 4) is 0 Å². The topological polar surface area (TPSA) is 38.0 Å². The first-order valence-corrected chi connectivity index (χ1v) is 8.34. The van der Waals surface area contributed by atoms with E-state index in [1.807, 2.05) is 18.2 Å². The molecule has 4 heteroatoms. The molecule has 0 amide bonds. The van der Waals surface area contributed by atoms with Crippen LogP contribution in [0, 0.1) is 5.92 Å². The first-order valence-electron chi connectivity index (χ1n) is 7.59. The van der Waals surface area contributed by atoms with E-state index in [0.29, 0.717) is 16.1 Å². The number of hydrogen-bond acceptors (Lipinski definition) is 2. The summed E-state index contributed by atoms with van der Waals surface area (Å²) in [6, 6.07) is 6.15. The molecular formula is C16H24Cl2N2. The van der Waals surface area contributed by atoms with E-state index >= 15 is 0 Å². The maximum atomic E-state index is 6.07. The van der Waals surface area contributed by atoms with Crippen molar-refractivity contribution in [1.29, 1.82) is 0 Å². The van der Waals surface area contributed by atoms with E-state index in [0.717, 1.165) is 18.8 Å². The molecule has 2 nitrogen and oxygen atoms in total. The average Bonchev–Trinajstić information content (AvgIpc) is 2.71. The summed E-state index contributed by atoms with van der Waals surface area (Å²) in [7, 11) is 0. The molecule has 20 heavy (non-hydrogen) atoms. The number of benzene rings is 1. The minimum absolute atomic E-state index is 0.315. The maximum Gasteiger partial charge on any atom is 0.0595 e. The third-order valence-corrected chi connectivity index (χ3v) is 5.03. The monoisotopic (exact) mass is 314 g/mol. The third kappa shape index (κ3) is 4.92. The van der Waals surface area contributed by atoms with Crippen molar-refractivity contribution in [3.05, 3.63) is 33.8 Å². The highest BCUT2D eigenvalue weighted by molar-refractivity contribution is 6.42. The summed E-state index contributed by atoms with van der Waals surface area (Å²) in [6.07, 6.45) is 10.3. The second kappa shape index (κ2) is 8.23. The fourth-order valence-electron chi connectivity index (χ4n) is 3.16. The summed E-state index contributed by atoms with van der Waals surface area (Å²) < 4.78 is 0. The van der Waals surface area contributed by atoms with Crippen LogP contribution >= 0.6 is 23.2 Å². The smallest absolute Gasteiger partial charge is 0.0595 e. The Balaban J connectivity index is 1.92. The van der Waals surface area contributed by atoms with Gasteiger partial charge in [0, 0.05) is 6.04 Å². The number of hydrogen-bond donors (Lipinski definition) is 2. The molecule has 1 saturated carbocycles. The molecule has 1 unspecified atom stereocenters. The zero-order valence-electron chi connectivity index (χ0n) is 11.9. The van der Waals surface area contributed by atoms with Crippen LogP contribution in [0.3, 0.4) is 0 Å². The SMILES string of the molecule is NNC(Cc1ccc(Cl)c(Cl)c1)CC1CCCCCC1. The lowest BCUT2D eigenvalue weighted by Crippen LogP contribution is -2.38. The summed E-state index contributed by atoms with van der Waals surface area (Å²) >= 11 is 12.0. The highest BCUT2D eigenvalue weighted by Gasteiger charge is 2.18. The summed E-state index contributed by atoms with van der Waals surface area (Å²) in [5, 5.41) is 1.23. The Hall–Kier alpha value is -0.280. The van der Waals surface area contributed by atoms with Crippen molar-refractivity contribution >= 4 is 23.2 Å². The molecule has 1 aliphatic carbocycles. The lowest BCUT2D eigenvalue weighted by Gasteiger charge is -2.22. The largest absolute Gasteiger partial charge is 0.271 e. The lowest BCUT2D eigenvalue weighted by molar-refractivity contribution is 0.352. The van der Waals surface area contributed by atoms with Crippen LogP contribution in [0.15, 0.2) is 18.2 Å². The Morgan fingerprint density at radius 2 is 1.80 bits per heavy atom. The number of hydrazine groups is 1. The van der Waals surface area contributed by atoms with Gasteiger partial charge in [-0.15, -0.1) is 0 Å². The number of nitrogens with two attached hydrogens (primary N) is 1. The van der Waals surface area contributed by atoms with Crippen LogP contribution in [0.4, 0.5) is 0 Å². The van der Waals surface area contributed by atoms with E-state index in [2.05, 4.69) is 5.43 Å². The van der Waals surface area contributed by atoms with Crippen LogP contribution in [0.1, 0.15) is 50.5 Å². The molecule has 1 aromatic carbocycles. The van der Waals surface area contributed by atoms with Gasteiger partial charge in [-0.3, -0.25) is 11.3 Å². The van der Waals surface area contributed by atoms with Crippen molar-refractivity contribution in [3.63, 3.8) is 0 Å². The van der Waals surface area contributed by atoms with E-state index < -0.39 is 0 Å². The van der Waals surface area contributed by atoms with Gasteiger partial charge in [0.05, 0.1) is 10.0 Å². The van der Waals surface area contributed by atoms with Crippen molar-refractivity contribution in [2.75, 3.05) is 0 Å². The molecule has 0 spiro atoms. The van der Waals surface area contributed by atoms with Crippen molar-refractivity contribution in [2.24, 2.45) is 11.8 Å². The van der Waals surface area contributed by atoms with Gasteiger partial charge in [-0.1, -0.05) is 67.8 Å². The standard InChI is InChI=1S/C16H24Cl2N2/c17-15-8-7-13(11-16(15)18)10-14(20-19)9-12-5-3-1-2-4-6-12/h7-8,11-12,14,20H,1-6,9-10,19H2. The Labute approximate surface area is 132 Å². The molecule has 0 heterocycles. The number of rotatable bonds is 5. The van der Waals surface area contributed by atoms with Gasteiger partial charge in [0.2, 0.25) is 0 Å². The van der Waals surface area contributed by atoms with Crippen molar-refractivity contribution in [2.45, 2.75) is 57.4 Å². The molecular weight excluding hydrogens is 291 g/mol. The van der Waals surface area contributed by atoms with E-state index in [1.165, 1.54) is 44.1 Å². The maximum absolute atomic E-state index is 6.07. The third-order valence-electron chi connectivity index (χ3n) is 4.29. The second-order valence-electron chi connectivity index (χ2n) is 5.91. The minimum atomic E-state index is 0.315. The first kappa shape index (κ1) is 16.1. The van der Waals surface area contributed by atoms with E-state index in [4.69, 9.17) is 29.0 Å². The van der Waals surface area contributed by atoms with E-state index in [1.54, 1.807) is 0 Å². The normalized spacial score (nSPS) is 18.8. The molecule has 0 aliphatic heterocycles. The van der Waals surface area contributed by atoms with Crippen LogP contribution < -0.4 is 11.3 Å². The molecule has 0 radical (unpaired) electrons. The molecule has 2 rings (SSSR count). The van der Waals surface area contributed by atoms with Crippen molar-refractivity contribution in [1.82, 2.24) is 5.43 Å². The van der Waals surface area contributed by atoms with Gasteiger partial charge in [-0.05, 0) is 36.5 Å². The molecule has 0 saturated heterocycles. The molecule has 1 atom stereocenters. The second-order valence-corrected chi connectivity index (χ2v) is 6.72. The Kier molecular flexibility index (Phi) is 6.63. The Morgan fingerprint density at radius 3 is 2.40 bits per heavy atom. The van der Waals surface area contributed by atoms with E-state index in [9.17, 15) is 0 Å². The van der Waals surface area contributed by atoms with Gasteiger partial charge in [-0.2, -0.15) is 0 Å². The van der Waals surface area contributed by atoms with Crippen LogP contribution in [-0.2, 0) is 6.42 Å². The van der Waals surface area contributed by atoms with Gasteiger partial charge < -0.3 is 0 Å². The van der Waals surface area contributed by atoms with Gasteiger partial charge in [0.25, 0.3) is 0 Å². The molecule has 112 valence electrons. The Bertz CT molecular complexity index is 415. The zero-order chi connectivity index (χ0) is 14.4. The van der Waals surface area contributed by atoms with E-state index in [-0.39, 0.29) is 0 Å². The number of nitrogens with one attached hydrogen (secondary N) is 1. The van der Waals surface area contributed by atoms with Crippen LogP contribution in [0.25, 0.3) is 0 Å². The lowest BCUT2D eigenvalue weighted by atomic mass is 9.90. The highest BCUT2D eigenvalue weighted by Crippen LogP contribution is 2.28. The highest BCUT2D eigenvalue weighted by atomic mass is 35.5. The first-order chi connectivity index (χ1) is 9.69. The Morgan fingerprint density at radius 1 is 1.10 bits per heavy atom. The fourth-order valence-corrected chi connectivity index (χ4v) is 3.48. The summed E-state index contributed by atoms with van der Waals surface area (Å²) in [5.41, 5.74) is 4.17. The fraction of sp³-hybridized carbons (Fsp3) is 0.625. The predicted octanol–water partition coefficient (Wildman–Crippen LogP) is 4.73. The van der Waals surface area contributed by atoms with Gasteiger partial charge >= 0.3 is 0 Å². The molecule has 0 bridgehead atoms. The average molecular weight is 315 g/mol. The minimum Gasteiger partial charge on any atom is -0.271 e. The molecule has 0 aromatic heterocycles. The number of halogens is 2. The molecule has 3 N–H and O–H groups in total.